The molecule has 0 unspecified atom stereocenters. The number of benzene rings is 2. The summed E-state index contributed by atoms with van der Waals surface area (Å²) in [6.07, 6.45) is 1.98. The summed E-state index contributed by atoms with van der Waals surface area (Å²) in [5.74, 6) is 2.65. The summed E-state index contributed by atoms with van der Waals surface area (Å²) in [4.78, 5) is 8.02. The minimum Gasteiger partial charge on any atom is -0.465 e. The zero-order valence-electron chi connectivity index (χ0n) is 16.2. The number of pyridine rings is 1. The van der Waals surface area contributed by atoms with Gasteiger partial charge >= 0.3 is 0 Å². The molecule has 0 bridgehead atoms. The van der Waals surface area contributed by atoms with Crippen LogP contribution in [0.2, 0.25) is 0 Å². The summed E-state index contributed by atoms with van der Waals surface area (Å²) in [5, 5.41) is 9.26. The molecular weight excluding hydrogens is 360 g/mol. The van der Waals surface area contributed by atoms with Gasteiger partial charge in [0.15, 0.2) is 0 Å². The summed E-state index contributed by atoms with van der Waals surface area (Å²) in [6.45, 7) is 3.32. The van der Waals surface area contributed by atoms with E-state index in [1.54, 1.807) is 0 Å². The molecule has 144 valence electrons. The van der Waals surface area contributed by atoms with E-state index in [-0.39, 0.29) is 0 Å². The number of furan rings is 1. The van der Waals surface area contributed by atoms with Gasteiger partial charge in [-0.25, -0.2) is 4.98 Å². The van der Waals surface area contributed by atoms with E-state index in [0.717, 1.165) is 46.0 Å². The number of aryl methyl sites for hydroxylation is 1. The molecule has 0 radical (unpaired) electrons. The van der Waals surface area contributed by atoms with Crippen molar-refractivity contribution in [2.75, 3.05) is 10.6 Å². The maximum atomic E-state index is 5.61. The monoisotopic (exact) mass is 382 g/mol. The van der Waals surface area contributed by atoms with Crippen molar-refractivity contribution in [3.05, 3.63) is 90.0 Å². The van der Waals surface area contributed by atoms with Gasteiger partial charge < -0.3 is 20.0 Å². The molecule has 0 spiro atoms. The Bertz CT molecular complexity index is 1280. The Labute approximate surface area is 168 Å². The van der Waals surface area contributed by atoms with Crippen molar-refractivity contribution in [3.63, 3.8) is 0 Å². The van der Waals surface area contributed by atoms with Crippen molar-refractivity contribution in [1.29, 1.82) is 0 Å². The van der Waals surface area contributed by atoms with Crippen LogP contribution in [0, 0.1) is 6.92 Å². The quantitative estimate of drug-likeness (QED) is 0.345. The lowest BCUT2D eigenvalue weighted by molar-refractivity contribution is 0.490. The Balaban J connectivity index is 1.35. The third kappa shape index (κ3) is 3.55. The zero-order chi connectivity index (χ0) is 19.6. The predicted molar refractivity (Wildman–Crippen MR) is 118 cm³/mol. The van der Waals surface area contributed by atoms with E-state index in [9.17, 15) is 0 Å². The van der Waals surface area contributed by atoms with Crippen LogP contribution in [0.1, 0.15) is 17.1 Å². The first kappa shape index (κ1) is 17.4. The Morgan fingerprint density at radius 2 is 1.79 bits per heavy atom. The molecule has 2 aromatic carbocycles. The highest BCUT2D eigenvalue weighted by atomic mass is 16.3. The number of nitrogens with zero attached hydrogens (tertiary/aromatic N) is 1. The van der Waals surface area contributed by atoms with Gasteiger partial charge in [0, 0.05) is 34.7 Å². The molecule has 5 heteroatoms. The topological polar surface area (TPSA) is 65.9 Å². The fraction of sp³-hybridized carbons (Fsp3) is 0.125. The summed E-state index contributed by atoms with van der Waals surface area (Å²) in [7, 11) is 0. The number of hydrogen-bond donors (Lipinski definition) is 3. The SMILES string of the molecule is Cc1ccc(CNc2ccc3c(NCc4cccc5[nH]ccc45)cccc3n2)o1. The number of anilines is 2. The second kappa shape index (κ2) is 7.36. The highest BCUT2D eigenvalue weighted by Gasteiger charge is 2.06. The van der Waals surface area contributed by atoms with E-state index >= 15 is 0 Å². The van der Waals surface area contributed by atoms with Crippen LogP contribution in [0.25, 0.3) is 21.8 Å². The molecule has 0 aliphatic heterocycles. The first-order valence-corrected chi connectivity index (χ1v) is 9.74. The van der Waals surface area contributed by atoms with E-state index < -0.39 is 0 Å². The van der Waals surface area contributed by atoms with Crippen LogP contribution in [-0.2, 0) is 13.1 Å². The molecule has 0 atom stereocenters. The Morgan fingerprint density at radius 3 is 2.69 bits per heavy atom. The van der Waals surface area contributed by atoms with Crippen LogP contribution in [0.5, 0.6) is 0 Å². The molecule has 0 saturated carbocycles. The molecule has 0 saturated heterocycles. The van der Waals surface area contributed by atoms with Crippen LogP contribution in [0.15, 0.2) is 77.3 Å². The summed E-state index contributed by atoms with van der Waals surface area (Å²) in [5.41, 5.74) is 4.46. The van der Waals surface area contributed by atoms with Gasteiger partial charge in [0.2, 0.25) is 0 Å². The Morgan fingerprint density at radius 1 is 0.862 bits per heavy atom. The van der Waals surface area contributed by atoms with Crippen molar-refractivity contribution >= 4 is 33.3 Å². The number of hydrogen-bond acceptors (Lipinski definition) is 4. The van der Waals surface area contributed by atoms with E-state index in [1.165, 1.54) is 10.9 Å². The minimum atomic E-state index is 0.616. The van der Waals surface area contributed by atoms with Crippen molar-refractivity contribution in [2.24, 2.45) is 0 Å². The van der Waals surface area contributed by atoms with Gasteiger partial charge in [0.05, 0.1) is 12.1 Å². The van der Waals surface area contributed by atoms with Crippen molar-refractivity contribution in [1.82, 2.24) is 9.97 Å². The van der Waals surface area contributed by atoms with Crippen LogP contribution in [-0.4, -0.2) is 9.97 Å². The van der Waals surface area contributed by atoms with Crippen molar-refractivity contribution in [2.45, 2.75) is 20.0 Å². The zero-order valence-corrected chi connectivity index (χ0v) is 16.2. The second-order valence-corrected chi connectivity index (χ2v) is 7.14. The summed E-state index contributed by atoms with van der Waals surface area (Å²) < 4.78 is 5.61. The third-order valence-electron chi connectivity index (χ3n) is 5.13. The largest absolute Gasteiger partial charge is 0.465 e. The molecule has 5 rings (SSSR count). The minimum absolute atomic E-state index is 0.616. The van der Waals surface area contributed by atoms with E-state index in [2.05, 4.69) is 52.0 Å². The number of aromatic nitrogens is 2. The molecule has 0 fully saturated rings. The molecule has 3 aromatic heterocycles. The number of nitrogens with one attached hydrogen (secondary N) is 3. The molecule has 5 aromatic rings. The predicted octanol–water partition coefficient (Wildman–Crippen LogP) is 5.84. The van der Waals surface area contributed by atoms with Gasteiger partial charge in [-0.05, 0) is 61.0 Å². The van der Waals surface area contributed by atoms with Crippen LogP contribution in [0.3, 0.4) is 0 Å². The van der Waals surface area contributed by atoms with E-state index in [1.807, 2.05) is 43.5 Å². The molecular formula is C24H22N4O. The summed E-state index contributed by atoms with van der Waals surface area (Å²) >= 11 is 0. The number of fused-ring (bicyclic) bond motifs is 2. The Kier molecular flexibility index (Phi) is 4.41. The van der Waals surface area contributed by atoms with Crippen LogP contribution >= 0.6 is 0 Å². The van der Waals surface area contributed by atoms with E-state index in [0.29, 0.717) is 6.54 Å². The molecule has 0 amide bonds. The molecule has 3 heterocycles. The molecule has 29 heavy (non-hydrogen) atoms. The van der Waals surface area contributed by atoms with Crippen LogP contribution < -0.4 is 10.6 Å². The van der Waals surface area contributed by atoms with Gasteiger partial charge in [-0.1, -0.05) is 18.2 Å². The van der Waals surface area contributed by atoms with Crippen LogP contribution in [0.4, 0.5) is 11.5 Å². The van der Waals surface area contributed by atoms with Gasteiger partial charge in [0.25, 0.3) is 0 Å². The van der Waals surface area contributed by atoms with Gasteiger partial charge in [-0.3, -0.25) is 0 Å². The smallest absolute Gasteiger partial charge is 0.127 e. The lowest BCUT2D eigenvalue weighted by Crippen LogP contribution is -2.02. The lowest BCUT2D eigenvalue weighted by atomic mass is 10.1. The highest BCUT2D eigenvalue weighted by molar-refractivity contribution is 5.92. The second-order valence-electron chi connectivity index (χ2n) is 7.14. The first-order valence-electron chi connectivity index (χ1n) is 9.74. The maximum Gasteiger partial charge on any atom is 0.127 e. The van der Waals surface area contributed by atoms with Crippen molar-refractivity contribution < 1.29 is 4.42 Å². The third-order valence-corrected chi connectivity index (χ3v) is 5.13. The average molecular weight is 382 g/mol. The fourth-order valence-corrected chi connectivity index (χ4v) is 3.66. The van der Waals surface area contributed by atoms with Gasteiger partial charge in [-0.15, -0.1) is 0 Å². The number of H-pyrrole nitrogens is 1. The van der Waals surface area contributed by atoms with Gasteiger partial charge in [0.1, 0.15) is 17.3 Å². The molecule has 0 aliphatic rings. The number of aromatic amines is 1. The Hall–Kier alpha value is -3.73. The lowest BCUT2D eigenvalue weighted by Gasteiger charge is -2.12. The first-order chi connectivity index (χ1) is 14.3. The molecule has 5 nitrogen and oxygen atoms in total. The molecule has 3 N–H and O–H groups in total. The van der Waals surface area contributed by atoms with E-state index in [4.69, 9.17) is 9.40 Å². The standard InChI is InChI=1S/C24H22N4O/c1-16-8-9-18(29-16)15-27-24-11-10-20-22(6-3-7-23(20)28-24)26-14-17-4-2-5-21-19(17)12-13-25-21/h2-13,25-26H,14-15H2,1H3,(H,27,28). The fourth-order valence-electron chi connectivity index (χ4n) is 3.66. The summed E-state index contributed by atoms with van der Waals surface area (Å²) in [6, 6.07) is 22.7. The maximum absolute atomic E-state index is 5.61. The average Bonchev–Trinajstić information content (AvgIpc) is 3.39. The number of rotatable bonds is 6. The van der Waals surface area contributed by atoms with Gasteiger partial charge in [-0.2, -0.15) is 0 Å². The van der Waals surface area contributed by atoms with Crippen molar-refractivity contribution in [3.8, 4) is 0 Å². The normalized spacial score (nSPS) is 11.2. The molecule has 0 aliphatic carbocycles. The highest BCUT2D eigenvalue weighted by Crippen LogP contribution is 2.25.